The summed E-state index contributed by atoms with van der Waals surface area (Å²) in [5, 5.41) is 34.3. The minimum absolute atomic E-state index is 0.0727. The van der Waals surface area contributed by atoms with E-state index in [1.54, 1.807) is 0 Å². The minimum atomic E-state index is -5.80. The second-order valence-corrected chi connectivity index (χ2v) is 11.0. The van der Waals surface area contributed by atoms with Gasteiger partial charge in [0.15, 0.2) is 5.82 Å². The number of phosphoric acid groups is 3. The number of rotatable bonds is 8. The number of nitrogen functional groups attached to an aromatic ring is 1. The molecule has 2 aromatic heterocycles. The molecule has 1 saturated heterocycles. The van der Waals surface area contributed by atoms with Crippen LogP contribution in [0.5, 0.6) is 0 Å². The van der Waals surface area contributed by atoms with Crippen LogP contribution in [0, 0.1) is 11.3 Å². The van der Waals surface area contributed by atoms with Gasteiger partial charge in [-0.15, -0.1) is 0 Å². The van der Waals surface area contributed by atoms with Gasteiger partial charge in [-0.2, -0.15) is 19.0 Å². The van der Waals surface area contributed by atoms with E-state index in [1.807, 2.05) is 0 Å². The first-order valence-electron chi connectivity index (χ1n) is 8.41. The van der Waals surface area contributed by atoms with Crippen molar-refractivity contribution in [2.24, 2.45) is 0 Å². The van der Waals surface area contributed by atoms with Crippen LogP contribution in [-0.2, 0) is 31.6 Å². The molecule has 18 nitrogen and oxygen atoms in total. The van der Waals surface area contributed by atoms with Crippen LogP contribution >= 0.6 is 23.5 Å². The van der Waals surface area contributed by atoms with Gasteiger partial charge in [0.05, 0.1) is 5.69 Å². The average molecular weight is 531 g/mol. The zero-order chi connectivity index (χ0) is 24.8. The molecule has 0 saturated carbocycles. The van der Waals surface area contributed by atoms with E-state index in [2.05, 4.69) is 23.2 Å². The minimum Gasteiger partial charge on any atom is -0.387 e. The summed E-state index contributed by atoms with van der Waals surface area (Å²) in [7, 11) is -17.0. The molecule has 33 heavy (non-hydrogen) atoms. The lowest BCUT2D eigenvalue weighted by Crippen LogP contribution is -2.45. The van der Waals surface area contributed by atoms with E-state index < -0.39 is 54.0 Å². The molecular formula is C12H16N5O13P3. The zero-order valence-electron chi connectivity index (χ0n) is 15.9. The standard InChI is InChI=1S/C12H16N5O13P3/c13-3-12(4-27-32(23,24)30-33(25,26)29-31(20,21)22)10(19)8(18)9(28-12)6-1-2-7-11(14)15-5-16-17(6)7/h1-2,5,8-10,18-19H,4H2,(H,23,24)(H,25,26)(H2,14,15,16)(H2,20,21,22)/t8-,9-,10-,12+/m0/s1. The van der Waals surface area contributed by atoms with Crippen LogP contribution in [0.4, 0.5) is 5.82 Å². The van der Waals surface area contributed by atoms with Crippen molar-refractivity contribution in [3.63, 3.8) is 0 Å². The van der Waals surface area contributed by atoms with E-state index in [0.29, 0.717) is 5.52 Å². The van der Waals surface area contributed by atoms with Gasteiger partial charge in [0.1, 0.15) is 42.8 Å². The van der Waals surface area contributed by atoms with Crippen molar-refractivity contribution in [3.05, 3.63) is 24.2 Å². The number of hydrogen-bond acceptors (Lipinski definition) is 13. The first kappa shape index (κ1) is 25.8. The summed E-state index contributed by atoms with van der Waals surface area (Å²) in [6, 6.07) is 4.35. The second-order valence-electron chi connectivity index (χ2n) is 6.54. The summed E-state index contributed by atoms with van der Waals surface area (Å²) in [5.74, 6) is 0.0727. The molecule has 0 aromatic carbocycles. The summed E-state index contributed by atoms with van der Waals surface area (Å²) >= 11 is 0. The van der Waals surface area contributed by atoms with Crippen LogP contribution in [0.2, 0.25) is 0 Å². The predicted molar refractivity (Wildman–Crippen MR) is 101 cm³/mol. The molecule has 6 atom stereocenters. The molecular weight excluding hydrogens is 515 g/mol. The zero-order valence-corrected chi connectivity index (χ0v) is 18.6. The molecule has 0 amide bonds. The number of anilines is 1. The lowest BCUT2D eigenvalue weighted by Gasteiger charge is -2.25. The van der Waals surface area contributed by atoms with E-state index in [1.165, 1.54) is 22.7 Å². The monoisotopic (exact) mass is 531 g/mol. The number of hydrogen-bond donors (Lipinski definition) is 7. The Morgan fingerprint density at radius 1 is 1.18 bits per heavy atom. The van der Waals surface area contributed by atoms with Crippen molar-refractivity contribution in [2.75, 3.05) is 12.3 Å². The van der Waals surface area contributed by atoms with E-state index in [9.17, 15) is 39.0 Å². The van der Waals surface area contributed by atoms with Gasteiger partial charge in [-0.25, -0.2) is 23.2 Å². The van der Waals surface area contributed by atoms with Gasteiger partial charge in [0.2, 0.25) is 5.60 Å². The summed E-state index contributed by atoms with van der Waals surface area (Å²) < 4.78 is 52.2. The lowest BCUT2D eigenvalue weighted by atomic mass is 9.96. The molecule has 182 valence electrons. The highest BCUT2D eigenvalue weighted by atomic mass is 31.3. The normalized spacial score (nSPS) is 29.4. The number of aliphatic hydroxyl groups excluding tert-OH is 2. The number of ether oxygens (including phenoxy) is 1. The van der Waals surface area contributed by atoms with E-state index in [4.69, 9.17) is 20.3 Å². The largest absolute Gasteiger partial charge is 0.490 e. The van der Waals surface area contributed by atoms with E-state index >= 15 is 0 Å². The molecule has 3 heterocycles. The number of nitrogens with two attached hydrogens (primary N) is 1. The summed E-state index contributed by atoms with van der Waals surface area (Å²) in [5.41, 5.74) is 3.64. The molecule has 8 N–H and O–H groups in total. The van der Waals surface area contributed by atoms with Crippen LogP contribution in [0.3, 0.4) is 0 Å². The van der Waals surface area contributed by atoms with Gasteiger partial charge in [-0.05, 0) is 12.1 Å². The Balaban J connectivity index is 1.81. The second kappa shape index (κ2) is 8.77. The highest BCUT2D eigenvalue weighted by molar-refractivity contribution is 7.66. The topological polar surface area (TPSA) is 290 Å². The summed E-state index contributed by atoms with van der Waals surface area (Å²) in [6.45, 7) is -1.30. The fourth-order valence-corrected chi connectivity index (χ4v) is 6.01. The number of nitrogens with zero attached hydrogens (tertiary/aromatic N) is 4. The maximum absolute atomic E-state index is 11.9. The molecule has 0 spiro atoms. The number of nitriles is 1. The average Bonchev–Trinajstić information content (AvgIpc) is 3.19. The van der Waals surface area contributed by atoms with E-state index in [-0.39, 0.29) is 11.5 Å². The Bertz CT molecular complexity index is 1240. The highest BCUT2D eigenvalue weighted by Gasteiger charge is 2.57. The molecule has 1 fully saturated rings. The first-order chi connectivity index (χ1) is 15.1. The molecule has 21 heteroatoms. The van der Waals surface area contributed by atoms with Crippen LogP contribution in [0.25, 0.3) is 5.52 Å². The fraction of sp³-hybridized carbons (Fsp3) is 0.417. The Kier molecular flexibility index (Phi) is 6.86. The first-order valence-corrected chi connectivity index (χ1v) is 12.9. The maximum atomic E-state index is 11.9. The molecule has 1 aliphatic rings. The quantitative estimate of drug-likeness (QED) is 0.195. The van der Waals surface area contributed by atoms with Crippen molar-refractivity contribution >= 4 is 34.8 Å². The molecule has 0 radical (unpaired) electrons. The highest BCUT2D eigenvalue weighted by Crippen LogP contribution is 2.66. The van der Waals surface area contributed by atoms with Gasteiger partial charge in [-0.3, -0.25) is 4.52 Å². The molecule has 2 aromatic rings. The summed E-state index contributed by atoms with van der Waals surface area (Å²) in [6.07, 6.45) is -4.16. The van der Waals surface area contributed by atoms with Crippen molar-refractivity contribution in [3.8, 4) is 6.07 Å². The van der Waals surface area contributed by atoms with E-state index in [0.717, 1.165) is 6.33 Å². The summed E-state index contributed by atoms with van der Waals surface area (Å²) in [4.78, 5) is 39.6. The van der Waals surface area contributed by atoms with Crippen molar-refractivity contribution < 1.29 is 61.4 Å². The lowest BCUT2D eigenvalue weighted by molar-refractivity contribution is -0.0729. The van der Waals surface area contributed by atoms with Crippen molar-refractivity contribution in [2.45, 2.75) is 23.9 Å². The van der Waals surface area contributed by atoms with Crippen LogP contribution < -0.4 is 5.73 Å². The Morgan fingerprint density at radius 2 is 1.85 bits per heavy atom. The molecule has 0 bridgehead atoms. The maximum Gasteiger partial charge on any atom is 0.490 e. The van der Waals surface area contributed by atoms with Gasteiger partial charge in [0, 0.05) is 0 Å². The SMILES string of the molecule is N#C[C@]1(COP(=O)(O)OP(=O)(O)OP(=O)(O)O)O[C@@H](c2ccc3c(N)ncnn23)[C@H](O)[C@@H]1O. The predicted octanol–water partition coefficient (Wildman–Crippen LogP) is -1.29. The smallest absolute Gasteiger partial charge is 0.387 e. The molecule has 2 unspecified atom stereocenters. The third kappa shape index (κ3) is 5.48. The Morgan fingerprint density at radius 3 is 2.45 bits per heavy atom. The number of fused-ring (bicyclic) bond motifs is 1. The van der Waals surface area contributed by atoms with Gasteiger partial charge >= 0.3 is 23.5 Å². The third-order valence-electron chi connectivity index (χ3n) is 4.30. The van der Waals surface area contributed by atoms with Crippen LogP contribution in [0.15, 0.2) is 18.5 Å². The van der Waals surface area contributed by atoms with Crippen LogP contribution in [0.1, 0.15) is 11.8 Å². The van der Waals surface area contributed by atoms with Gasteiger partial charge in [0.25, 0.3) is 0 Å². The molecule has 1 aliphatic heterocycles. The molecule has 0 aliphatic carbocycles. The number of aromatic nitrogens is 3. The molecule has 3 rings (SSSR count). The van der Waals surface area contributed by atoms with Gasteiger partial charge < -0.3 is 40.3 Å². The number of aliphatic hydroxyl groups is 2. The fourth-order valence-electron chi connectivity index (χ4n) is 2.96. The Labute approximate surface area is 183 Å². The Hall–Kier alpha value is -1.80. The third-order valence-corrected chi connectivity index (χ3v) is 8.08. The number of phosphoric ester groups is 1. The van der Waals surface area contributed by atoms with Crippen LogP contribution in [-0.4, -0.2) is 68.8 Å². The van der Waals surface area contributed by atoms with Gasteiger partial charge in [-0.1, -0.05) is 0 Å². The van der Waals surface area contributed by atoms with Crippen molar-refractivity contribution in [1.82, 2.24) is 14.6 Å². The van der Waals surface area contributed by atoms with Crippen molar-refractivity contribution in [1.29, 1.82) is 5.26 Å².